The molecule has 0 fully saturated rings. The average Bonchev–Trinajstić information content (AvgIpc) is 3.29. The van der Waals surface area contributed by atoms with Gasteiger partial charge >= 0.3 is 29.6 Å². The number of hydrogen-bond acceptors (Lipinski definition) is 7. The minimum Gasteiger partial charge on any atom is -0.546 e. The van der Waals surface area contributed by atoms with Gasteiger partial charge in [-0.05, 0) is 81.3 Å². The Balaban J connectivity index is 0.00000380. The van der Waals surface area contributed by atoms with E-state index in [1.54, 1.807) is 18.2 Å². The molecule has 37 heavy (non-hydrogen) atoms. The fourth-order valence-electron chi connectivity index (χ4n) is 3.65. The van der Waals surface area contributed by atoms with Gasteiger partial charge in [-0.15, -0.1) is 0 Å². The zero-order valence-corrected chi connectivity index (χ0v) is 24.0. The number of carboxylic acid groups (broad SMARTS) is 1. The summed E-state index contributed by atoms with van der Waals surface area (Å²) in [4.78, 5) is 15.9. The maximum absolute atomic E-state index is 11.3. The van der Waals surface area contributed by atoms with Crippen LogP contribution in [0.25, 0.3) is 11.1 Å². The zero-order chi connectivity index (χ0) is 25.5. The van der Waals surface area contributed by atoms with E-state index in [2.05, 4.69) is 10.3 Å². The molecule has 9 heteroatoms. The number of carbonyl (C=O) groups is 1. The van der Waals surface area contributed by atoms with Gasteiger partial charge in [0.25, 0.3) is 0 Å². The molecule has 1 atom stereocenters. The van der Waals surface area contributed by atoms with Crippen molar-refractivity contribution in [3.05, 3.63) is 89.3 Å². The number of nitrogens with one attached hydrogen (secondary N) is 1. The molecule has 188 valence electrons. The van der Waals surface area contributed by atoms with Crippen molar-refractivity contribution in [2.75, 3.05) is 13.1 Å². The molecular formula is C28H28ClN2NaO5. The van der Waals surface area contributed by atoms with Crippen molar-refractivity contribution < 1.29 is 53.3 Å². The molecular weight excluding hydrogens is 503 g/mol. The Labute approximate surface area is 243 Å². The second-order valence-electron chi connectivity index (χ2n) is 8.90. The van der Waals surface area contributed by atoms with Crippen molar-refractivity contribution >= 4 is 28.7 Å². The van der Waals surface area contributed by atoms with Crippen LogP contribution in [0.4, 0.5) is 0 Å². The number of carbonyl (C=O) groups excluding carboxylic acids is 1. The van der Waals surface area contributed by atoms with E-state index in [9.17, 15) is 9.90 Å². The fraction of sp³-hybridized carbons (Fsp3) is 0.286. The second-order valence-corrected chi connectivity index (χ2v) is 9.33. The van der Waals surface area contributed by atoms with Crippen molar-refractivity contribution in [3.8, 4) is 11.5 Å². The molecule has 0 aliphatic carbocycles. The molecule has 1 heterocycles. The van der Waals surface area contributed by atoms with Crippen molar-refractivity contribution in [3.63, 3.8) is 0 Å². The molecule has 1 aromatic heterocycles. The molecule has 0 spiro atoms. The molecule has 1 unspecified atom stereocenters. The van der Waals surface area contributed by atoms with E-state index < -0.39 is 17.7 Å². The van der Waals surface area contributed by atoms with E-state index in [1.165, 1.54) is 13.8 Å². The number of fused-ring (bicyclic) bond motifs is 1. The Morgan fingerprint density at radius 1 is 1.08 bits per heavy atom. The quantitative estimate of drug-likeness (QED) is 0.220. The first-order valence-electron chi connectivity index (χ1n) is 11.8. The summed E-state index contributed by atoms with van der Waals surface area (Å²) in [5, 5.41) is 15.4. The van der Waals surface area contributed by atoms with Gasteiger partial charge in [-0.2, -0.15) is 0 Å². The minimum absolute atomic E-state index is 0. The maximum atomic E-state index is 11.3. The number of nitrogens with zero attached hydrogens (tertiary/aromatic N) is 1. The summed E-state index contributed by atoms with van der Waals surface area (Å²) in [5.41, 5.74) is 0.989. The van der Waals surface area contributed by atoms with E-state index in [-0.39, 0.29) is 29.6 Å². The van der Waals surface area contributed by atoms with E-state index in [4.69, 9.17) is 25.5 Å². The number of para-hydroxylation sites is 3. The van der Waals surface area contributed by atoms with E-state index in [0.29, 0.717) is 47.5 Å². The predicted molar refractivity (Wildman–Crippen MR) is 136 cm³/mol. The Bertz CT molecular complexity index is 1280. The normalized spacial score (nSPS) is 12.1. The molecule has 0 aliphatic rings. The number of aromatic nitrogens is 1. The smallest absolute Gasteiger partial charge is 0.546 e. The van der Waals surface area contributed by atoms with E-state index >= 15 is 0 Å². The van der Waals surface area contributed by atoms with Gasteiger partial charge in [-0.1, -0.05) is 41.9 Å². The molecule has 0 saturated heterocycles. The van der Waals surface area contributed by atoms with Gasteiger partial charge in [0, 0.05) is 11.6 Å². The number of rotatable bonds is 12. The first-order chi connectivity index (χ1) is 17.3. The van der Waals surface area contributed by atoms with Gasteiger partial charge < -0.3 is 29.1 Å². The number of benzene rings is 3. The van der Waals surface area contributed by atoms with Crippen LogP contribution in [0.3, 0.4) is 0 Å². The summed E-state index contributed by atoms with van der Waals surface area (Å²) in [6.45, 7) is 4.13. The van der Waals surface area contributed by atoms with Gasteiger partial charge in [-0.3, -0.25) is 0 Å². The molecule has 4 rings (SSSR count). The molecule has 3 aromatic carbocycles. The summed E-state index contributed by atoms with van der Waals surface area (Å²) in [6.07, 6.45) is 1.06. The van der Waals surface area contributed by atoms with Crippen molar-refractivity contribution in [2.24, 2.45) is 0 Å². The second kappa shape index (κ2) is 13.3. The van der Waals surface area contributed by atoms with Crippen LogP contribution < -0.4 is 49.5 Å². The van der Waals surface area contributed by atoms with Gasteiger partial charge in [0.05, 0.1) is 5.97 Å². The minimum atomic E-state index is -1.42. The number of ether oxygens (including phenoxy) is 2. The third-order valence-electron chi connectivity index (χ3n) is 5.64. The topological polar surface area (TPSA) is 96.7 Å². The van der Waals surface area contributed by atoms with Crippen LogP contribution in [0.2, 0.25) is 5.02 Å². The van der Waals surface area contributed by atoms with Crippen LogP contribution in [0.5, 0.6) is 11.5 Å². The van der Waals surface area contributed by atoms with Crippen molar-refractivity contribution in [1.82, 2.24) is 10.3 Å². The number of aliphatic carboxylic acids is 1. The Hall–Kier alpha value is -2.55. The first kappa shape index (κ1) is 29.0. The standard InChI is InChI=1S/C28H29ClN2O5.Na/c1-28(2,27(32)33)36-23-11-5-3-8-19(23)9-7-17-30-18-25(34-21-15-13-20(29)14-16-21)26-31-22-10-4-6-12-24(22)35-26;/h3-6,8,10-16,25,30H,7,9,17-18H2,1-2H3,(H,32,33);/q;+1/p-1. The average molecular weight is 531 g/mol. The molecule has 0 aliphatic heterocycles. The van der Waals surface area contributed by atoms with E-state index in [0.717, 1.165) is 17.5 Å². The van der Waals surface area contributed by atoms with Crippen LogP contribution >= 0.6 is 11.6 Å². The van der Waals surface area contributed by atoms with Crippen LogP contribution in [-0.4, -0.2) is 29.6 Å². The van der Waals surface area contributed by atoms with Gasteiger partial charge in [-0.25, -0.2) is 4.98 Å². The van der Waals surface area contributed by atoms with E-state index in [1.807, 2.05) is 54.6 Å². The van der Waals surface area contributed by atoms with Crippen molar-refractivity contribution in [1.29, 1.82) is 0 Å². The molecule has 0 amide bonds. The molecule has 0 saturated carbocycles. The maximum Gasteiger partial charge on any atom is 1.00 e. The summed E-state index contributed by atoms with van der Waals surface area (Å²) >= 11 is 6.01. The molecule has 0 radical (unpaired) electrons. The number of halogens is 1. The number of oxazole rings is 1. The molecule has 0 bridgehead atoms. The zero-order valence-electron chi connectivity index (χ0n) is 21.2. The third-order valence-corrected chi connectivity index (χ3v) is 5.89. The third kappa shape index (κ3) is 7.97. The fourth-order valence-corrected chi connectivity index (χ4v) is 3.77. The summed E-state index contributed by atoms with van der Waals surface area (Å²) in [5.74, 6) is 0.434. The van der Waals surface area contributed by atoms with Crippen LogP contribution in [0, 0.1) is 0 Å². The van der Waals surface area contributed by atoms with Crippen LogP contribution in [-0.2, 0) is 11.2 Å². The first-order valence-corrected chi connectivity index (χ1v) is 12.2. The molecule has 7 nitrogen and oxygen atoms in total. The monoisotopic (exact) mass is 530 g/mol. The largest absolute Gasteiger partial charge is 1.00 e. The summed E-state index contributed by atoms with van der Waals surface area (Å²) < 4.78 is 17.9. The number of carboxylic acids is 1. The predicted octanol–water partition coefficient (Wildman–Crippen LogP) is 1.74. The molecule has 1 N–H and O–H groups in total. The Kier molecular flexibility index (Phi) is 10.4. The summed E-state index contributed by atoms with van der Waals surface area (Å²) in [6, 6.07) is 22.2. The van der Waals surface area contributed by atoms with Crippen LogP contribution in [0.1, 0.15) is 37.8 Å². The summed E-state index contributed by atoms with van der Waals surface area (Å²) in [7, 11) is 0. The van der Waals surface area contributed by atoms with Gasteiger partial charge in [0.2, 0.25) is 5.89 Å². The Morgan fingerprint density at radius 3 is 2.51 bits per heavy atom. The number of hydrogen-bond donors (Lipinski definition) is 1. The number of aryl methyl sites for hydroxylation is 1. The SMILES string of the molecule is CC(C)(Oc1ccccc1CCCNCC(Oc1ccc(Cl)cc1)c1nc2ccccc2o1)C(=O)[O-].[Na+]. The van der Waals surface area contributed by atoms with Gasteiger partial charge in [0.15, 0.2) is 11.7 Å². The van der Waals surface area contributed by atoms with Crippen LogP contribution in [0.15, 0.2) is 77.2 Å². The Morgan fingerprint density at radius 2 is 1.78 bits per heavy atom. The van der Waals surface area contributed by atoms with Gasteiger partial charge in [0.1, 0.15) is 22.6 Å². The van der Waals surface area contributed by atoms with Crippen molar-refractivity contribution in [2.45, 2.75) is 38.4 Å². The molecule has 4 aromatic rings.